The van der Waals surface area contributed by atoms with Crippen molar-refractivity contribution in [2.75, 3.05) is 40.8 Å². The Kier molecular flexibility index (Phi) is 5.80. The summed E-state index contributed by atoms with van der Waals surface area (Å²) < 4.78 is 6.66. The quantitative estimate of drug-likeness (QED) is 0.678. The van der Waals surface area contributed by atoms with Gasteiger partial charge < -0.3 is 15.0 Å². The zero-order valence-corrected chi connectivity index (χ0v) is 11.6. The lowest BCUT2D eigenvalue weighted by molar-refractivity contribution is 0.340. The zero-order chi connectivity index (χ0) is 13.5. The van der Waals surface area contributed by atoms with Crippen molar-refractivity contribution in [1.29, 1.82) is 0 Å². The Labute approximate surface area is 108 Å². The van der Waals surface area contributed by atoms with E-state index in [2.05, 4.69) is 15.2 Å². The lowest BCUT2D eigenvalue weighted by Gasteiger charge is -2.13. The van der Waals surface area contributed by atoms with Crippen molar-refractivity contribution in [1.82, 2.24) is 19.8 Å². The standard InChI is InChI=1S/C12H22N4O2/c1-10-9-11(17)16(12(14-10)18-4)8-6-13-5-7-15(2)3/h9,13H,5-8H2,1-4H3. The first-order valence-corrected chi connectivity index (χ1v) is 6.02. The van der Waals surface area contributed by atoms with Crippen LogP contribution >= 0.6 is 0 Å². The minimum Gasteiger partial charge on any atom is -0.468 e. The van der Waals surface area contributed by atoms with E-state index >= 15 is 0 Å². The van der Waals surface area contributed by atoms with Gasteiger partial charge in [-0.3, -0.25) is 9.36 Å². The highest BCUT2D eigenvalue weighted by molar-refractivity contribution is 5.06. The second-order valence-electron chi connectivity index (χ2n) is 4.43. The Morgan fingerprint density at radius 3 is 2.78 bits per heavy atom. The van der Waals surface area contributed by atoms with Gasteiger partial charge in [-0.05, 0) is 21.0 Å². The van der Waals surface area contributed by atoms with Crippen LogP contribution in [0.1, 0.15) is 5.69 Å². The molecule has 0 fully saturated rings. The predicted octanol–water partition coefficient (Wildman–Crippen LogP) is -0.288. The molecule has 102 valence electrons. The highest BCUT2D eigenvalue weighted by Crippen LogP contribution is 2.03. The number of methoxy groups -OCH3 is 1. The maximum absolute atomic E-state index is 11.8. The summed E-state index contributed by atoms with van der Waals surface area (Å²) >= 11 is 0. The van der Waals surface area contributed by atoms with Crippen LogP contribution in [0.2, 0.25) is 0 Å². The SMILES string of the molecule is COc1nc(C)cc(=O)n1CCNCCN(C)C. The molecule has 0 amide bonds. The van der Waals surface area contributed by atoms with Crippen LogP contribution in [-0.4, -0.2) is 55.3 Å². The van der Waals surface area contributed by atoms with Gasteiger partial charge in [-0.25, -0.2) is 4.98 Å². The summed E-state index contributed by atoms with van der Waals surface area (Å²) in [7, 11) is 5.58. The van der Waals surface area contributed by atoms with Gasteiger partial charge in [-0.2, -0.15) is 0 Å². The fraction of sp³-hybridized carbons (Fsp3) is 0.667. The number of hydrogen-bond donors (Lipinski definition) is 1. The van der Waals surface area contributed by atoms with Crippen LogP contribution in [0.25, 0.3) is 0 Å². The van der Waals surface area contributed by atoms with Crippen molar-refractivity contribution in [2.45, 2.75) is 13.5 Å². The summed E-state index contributed by atoms with van der Waals surface area (Å²) in [5.74, 6) is 0. The molecule has 6 heteroatoms. The van der Waals surface area contributed by atoms with E-state index in [0.29, 0.717) is 18.2 Å². The molecule has 0 saturated heterocycles. The molecule has 0 unspecified atom stereocenters. The Bertz CT molecular complexity index is 429. The van der Waals surface area contributed by atoms with Crippen LogP contribution in [0.15, 0.2) is 10.9 Å². The van der Waals surface area contributed by atoms with Crippen molar-refractivity contribution in [3.8, 4) is 6.01 Å². The molecule has 1 rings (SSSR count). The van der Waals surface area contributed by atoms with Crippen LogP contribution in [0, 0.1) is 6.92 Å². The highest BCUT2D eigenvalue weighted by Gasteiger charge is 2.06. The molecule has 0 aliphatic rings. The molecule has 1 aromatic heterocycles. The first kappa shape index (κ1) is 14.7. The Hall–Kier alpha value is -1.40. The molecule has 0 atom stereocenters. The molecule has 0 aliphatic heterocycles. The molecule has 0 bridgehead atoms. The van der Waals surface area contributed by atoms with Gasteiger partial charge >= 0.3 is 0 Å². The summed E-state index contributed by atoms with van der Waals surface area (Å²) in [4.78, 5) is 18.1. The van der Waals surface area contributed by atoms with Crippen molar-refractivity contribution < 1.29 is 4.74 Å². The average Bonchev–Trinajstić information content (AvgIpc) is 2.30. The molecule has 1 aromatic rings. The Balaban J connectivity index is 2.54. The zero-order valence-electron chi connectivity index (χ0n) is 11.6. The van der Waals surface area contributed by atoms with Gasteiger partial charge in [0.05, 0.1) is 7.11 Å². The number of ether oxygens (including phenoxy) is 1. The lowest BCUT2D eigenvalue weighted by atomic mass is 10.4. The van der Waals surface area contributed by atoms with Gasteiger partial charge in [0.25, 0.3) is 11.6 Å². The van der Waals surface area contributed by atoms with E-state index in [1.54, 1.807) is 6.92 Å². The van der Waals surface area contributed by atoms with E-state index in [0.717, 1.165) is 19.6 Å². The number of nitrogens with zero attached hydrogens (tertiary/aromatic N) is 3. The van der Waals surface area contributed by atoms with Gasteiger partial charge in [-0.1, -0.05) is 0 Å². The molecular weight excluding hydrogens is 232 g/mol. The molecule has 0 aromatic carbocycles. The third-order valence-corrected chi connectivity index (χ3v) is 2.53. The number of rotatable bonds is 7. The summed E-state index contributed by atoms with van der Waals surface area (Å²) in [6, 6.07) is 1.89. The second-order valence-corrected chi connectivity index (χ2v) is 4.43. The molecule has 6 nitrogen and oxygen atoms in total. The molecule has 0 saturated carbocycles. The minimum atomic E-state index is -0.0752. The van der Waals surface area contributed by atoms with Gasteiger partial charge in [0.1, 0.15) is 0 Å². The van der Waals surface area contributed by atoms with E-state index in [1.165, 1.54) is 17.7 Å². The van der Waals surface area contributed by atoms with Crippen LogP contribution in [0.5, 0.6) is 6.01 Å². The molecule has 1 N–H and O–H groups in total. The molecule has 0 aliphatic carbocycles. The first-order chi connectivity index (χ1) is 8.54. The predicted molar refractivity (Wildman–Crippen MR) is 71.2 cm³/mol. The van der Waals surface area contributed by atoms with Crippen molar-refractivity contribution >= 4 is 0 Å². The number of likely N-dealkylation sites (N-methyl/N-ethyl adjacent to an activating group) is 1. The Morgan fingerprint density at radius 1 is 1.44 bits per heavy atom. The van der Waals surface area contributed by atoms with Crippen LogP contribution in [0.4, 0.5) is 0 Å². The maximum atomic E-state index is 11.8. The molecule has 0 spiro atoms. The number of aromatic nitrogens is 2. The van der Waals surface area contributed by atoms with E-state index < -0.39 is 0 Å². The lowest BCUT2D eigenvalue weighted by Crippen LogP contribution is -2.32. The topological polar surface area (TPSA) is 59.4 Å². The normalized spacial score (nSPS) is 10.9. The second kappa shape index (κ2) is 7.13. The smallest absolute Gasteiger partial charge is 0.299 e. The third-order valence-electron chi connectivity index (χ3n) is 2.53. The molecular formula is C12H22N4O2. The number of aryl methyl sites for hydroxylation is 1. The Morgan fingerprint density at radius 2 is 2.17 bits per heavy atom. The van der Waals surface area contributed by atoms with Gasteiger partial charge in [0.2, 0.25) is 0 Å². The number of hydrogen-bond acceptors (Lipinski definition) is 5. The highest BCUT2D eigenvalue weighted by atomic mass is 16.5. The fourth-order valence-electron chi connectivity index (χ4n) is 1.57. The van der Waals surface area contributed by atoms with Crippen molar-refractivity contribution in [3.63, 3.8) is 0 Å². The monoisotopic (exact) mass is 254 g/mol. The van der Waals surface area contributed by atoms with Gasteiger partial charge in [-0.15, -0.1) is 0 Å². The first-order valence-electron chi connectivity index (χ1n) is 6.02. The molecule has 18 heavy (non-hydrogen) atoms. The fourth-order valence-corrected chi connectivity index (χ4v) is 1.57. The van der Waals surface area contributed by atoms with E-state index in [9.17, 15) is 4.79 Å². The van der Waals surface area contributed by atoms with Crippen molar-refractivity contribution in [3.05, 3.63) is 22.1 Å². The summed E-state index contributed by atoms with van der Waals surface area (Å²) in [5.41, 5.74) is 0.599. The number of nitrogens with one attached hydrogen (secondary N) is 1. The summed E-state index contributed by atoms with van der Waals surface area (Å²) in [5, 5.41) is 3.27. The van der Waals surface area contributed by atoms with Crippen molar-refractivity contribution in [2.24, 2.45) is 0 Å². The largest absolute Gasteiger partial charge is 0.468 e. The third kappa shape index (κ3) is 4.46. The maximum Gasteiger partial charge on any atom is 0.299 e. The van der Waals surface area contributed by atoms with Crippen LogP contribution in [-0.2, 0) is 6.54 Å². The van der Waals surface area contributed by atoms with Crippen LogP contribution in [0.3, 0.4) is 0 Å². The molecule has 1 heterocycles. The van der Waals surface area contributed by atoms with Crippen LogP contribution < -0.4 is 15.6 Å². The summed E-state index contributed by atoms with van der Waals surface area (Å²) in [6.07, 6.45) is 0. The molecule has 0 radical (unpaired) electrons. The van der Waals surface area contributed by atoms with E-state index in [1.807, 2.05) is 14.1 Å². The van der Waals surface area contributed by atoms with E-state index in [-0.39, 0.29) is 5.56 Å². The summed E-state index contributed by atoms with van der Waals surface area (Å²) in [6.45, 7) is 4.92. The average molecular weight is 254 g/mol. The van der Waals surface area contributed by atoms with E-state index in [4.69, 9.17) is 4.74 Å². The van der Waals surface area contributed by atoms with Gasteiger partial charge in [0, 0.05) is 37.9 Å². The minimum absolute atomic E-state index is 0.0752. The van der Waals surface area contributed by atoms with Gasteiger partial charge in [0.15, 0.2) is 0 Å².